The van der Waals surface area contributed by atoms with Crippen LogP contribution in [0.15, 0.2) is 73.6 Å². The zero-order chi connectivity index (χ0) is 20.8. The summed E-state index contributed by atoms with van der Waals surface area (Å²) in [4.78, 5) is 20.5. The molecule has 1 aromatic carbocycles. The Labute approximate surface area is 175 Å². The van der Waals surface area contributed by atoms with Crippen molar-refractivity contribution in [2.45, 2.75) is 0 Å². The average molecular weight is 407 g/mol. The summed E-state index contributed by atoms with van der Waals surface area (Å²) < 4.78 is 14.4. The Hall–Kier alpha value is -4.46. The summed E-state index contributed by atoms with van der Waals surface area (Å²) in [6, 6.07) is 12.5. The van der Waals surface area contributed by atoms with Gasteiger partial charge in [-0.05, 0) is 24.3 Å². The molecule has 31 heavy (non-hydrogen) atoms. The van der Waals surface area contributed by atoms with Gasteiger partial charge in [0.15, 0.2) is 0 Å². The van der Waals surface area contributed by atoms with Gasteiger partial charge in [0.05, 0.1) is 28.6 Å². The van der Waals surface area contributed by atoms with Crippen molar-refractivity contribution in [1.82, 2.24) is 35.1 Å². The molecule has 0 aliphatic rings. The number of fused-ring (bicyclic) bond motifs is 2. The molecule has 0 amide bonds. The maximum Gasteiger partial charge on any atom is 0.135 e. The van der Waals surface area contributed by atoms with Crippen LogP contribution in [0, 0.1) is 5.82 Å². The lowest BCUT2D eigenvalue weighted by atomic mass is 10.0. The average Bonchev–Trinajstić information content (AvgIpc) is 3.43. The van der Waals surface area contributed by atoms with Gasteiger partial charge in [0, 0.05) is 40.7 Å². The molecular weight excluding hydrogens is 393 g/mol. The largest absolute Gasteiger partial charge is 0.352 e. The lowest BCUT2D eigenvalue weighted by Gasteiger charge is -2.03. The maximum absolute atomic E-state index is 14.4. The van der Waals surface area contributed by atoms with Crippen LogP contribution in [0.1, 0.15) is 0 Å². The molecule has 6 rings (SSSR count). The Morgan fingerprint density at radius 2 is 1.68 bits per heavy atom. The predicted molar refractivity (Wildman–Crippen MR) is 115 cm³/mol. The van der Waals surface area contributed by atoms with E-state index in [0.717, 1.165) is 33.4 Å². The van der Waals surface area contributed by atoms with Crippen LogP contribution in [-0.4, -0.2) is 35.1 Å². The smallest absolute Gasteiger partial charge is 0.135 e. The van der Waals surface area contributed by atoms with Gasteiger partial charge >= 0.3 is 0 Å². The number of nitrogens with one attached hydrogen (secondary N) is 2. The van der Waals surface area contributed by atoms with Crippen molar-refractivity contribution in [3.63, 3.8) is 0 Å². The van der Waals surface area contributed by atoms with E-state index in [1.54, 1.807) is 36.9 Å². The number of halogens is 1. The van der Waals surface area contributed by atoms with Gasteiger partial charge in [-0.15, -0.1) is 0 Å². The Balaban J connectivity index is 1.53. The van der Waals surface area contributed by atoms with E-state index in [9.17, 15) is 4.39 Å². The van der Waals surface area contributed by atoms with Crippen molar-refractivity contribution in [2.24, 2.45) is 0 Å². The molecule has 5 heterocycles. The number of rotatable bonds is 3. The fraction of sp³-hybridized carbons (Fsp3) is 0. The first-order valence-corrected chi connectivity index (χ1v) is 9.60. The number of hydrogen-bond donors (Lipinski definition) is 2. The molecule has 0 bridgehead atoms. The fourth-order valence-electron chi connectivity index (χ4n) is 3.75. The molecule has 7 nitrogen and oxygen atoms in total. The normalized spacial score (nSPS) is 11.4. The number of hydrogen-bond acceptors (Lipinski definition) is 5. The predicted octanol–water partition coefficient (Wildman–Crippen LogP) is 4.76. The third kappa shape index (κ3) is 2.84. The number of H-pyrrole nitrogens is 2. The van der Waals surface area contributed by atoms with Crippen LogP contribution in [0.5, 0.6) is 0 Å². The van der Waals surface area contributed by atoms with Crippen LogP contribution >= 0.6 is 0 Å². The van der Waals surface area contributed by atoms with E-state index in [0.29, 0.717) is 22.3 Å². The van der Waals surface area contributed by atoms with E-state index in [4.69, 9.17) is 4.98 Å². The number of aromatic nitrogens is 7. The molecule has 5 aromatic heterocycles. The second-order valence-corrected chi connectivity index (χ2v) is 7.10. The van der Waals surface area contributed by atoms with Gasteiger partial charge in [0.25, 0.3) is 0 Å². The van der Waals surface area contributed by atoms with E-state index < -0.39 is 0 Å². The summed E-state index contributed by atoms with van der Waals surface area (Å²) in [5, 5.41) is 8.36. The molecule has 148 valence electrons. The van der Waals surface area contributed by atoms with Crippen molar-refractivity contribution in [3.05, 3.63) is 79.4 Å². The van der Waals surface area contributed by atoms with Crippen molar-refractivity contribution >= 4 is 21.9 Å². The van der Waals surface area contributed by atoms with Crippen molar-refractivity contribution in [1.29, 1.82) is 0 Å². The van der Waals surface area contributed by atoms with Gasteiger partial charge in [-0.2, -0.15) is 5.10 Å². The quantitative estimate of drug-likeness (QED) is 0.441. The van der Waals surface area contributed by atoms with Gasteiger partial charge in [0.2, 0.25) is 0 Å². The zero-order valence-electron chi connectivity index (χ0n) is 16.0. The van der Waals surface area contributed by atoms with Gasteiger partial charge in [-0.3, -0.25) is 10.1 Å². The minimum absolute atomic E-state index is 0.291. The first-order valence-electron chi connectivity index (χ1n) is 9.60. The number of pyridine rings is 2. The zero-order valence-corrected chi connectivity index (χ0v) is 16.0. The van der Waals surface area contributed by atoms with Gasteiger partial charge in [-0.1, -0.05) is 18.2 Å². The summed E-state index contributed by atoms with van der Waals surface area (Å²) in [5.74, 6) is -0.291. The SMILES string of the molecule is Fc1ccccc1-c1cncc2[nH]c(-c3n[nH]c4ccc(-c5cncnc5)nc34)cc12. The van der Waals surface area contributed by atoms with Crippen molar-refractivity contribution in [2.75, 3.05) is 0 Å². The number of aromatic amines is 2. The van der Waals surface area contributed by atoms with Crippen LogP contribution in [0.2, 0.25) is 0 Å². The Bertz CT molecular complexity index is 1550. The molecule has 6 aromatic rings. The molecule has 0 unspecified atom stereocenters. The second kappa shape index (κ2) is 6.81. The minimum Gasteiger partial charge on any atom is -0.352 e. The molecule has 0 aliphatic carbocycles. The number of nitrogens with zero attached hydrogens (tertiary/aromatic N) is 5. The summed E-state index contributed by atoms with van der Waals surface area (Å²) in [7, 11) is 0. The molecule has 8 heteroatoms. The highest BCUT2D eigenvalue weighted by Gasteiger charge is 2.16. The monoisotopic (exact) mass is 407 g/mol. The maximum atomic E-state index is 14.4. The summed E-state index contributed by atoms with van der Waals surface area (Å²) in [6.07, 6.45) is 8.31. The fourth-order valence-corrected chi connectivity index (χ4v) is 3.75. The molecule has 0 aliphatic heterocycles. The number of benzene rings is 1. The van der Waals surface area contributed by atoms with E-state index in [1.165, 1.54) is 12.4 Å². The molecule has 0 radical (unpaired) electrons. The van der Waals surface area contributed by atoms with E-state index >= 15 is 0 Å². The molecule has 0 spiro atoms. The first-order chi connectivity index (χ1) is 15.3. The van der Waals surface area contributed by atoms with Crippen LogP contribution in [0.25, 0.3) is 55.7 Å². The van der Waals surface area contributed by atoms with E-state index in [-0.39, 0.29) is 5.82 Å². The van der Waals surface area contributed by atoms with E-state index in [2.05, 4.69) is 30.1 Å². The molecule has 0 atom stereocenters. The summed E-state index contributed by atoms with van der Waals surface area (Å²) in [5.41, 5.74) is 6.54. The second-order valence-electron chi connectivity index (χ2n) is 7.10. The third-order valence-electron chi connectivity index (χ3n) is 5.23. The Morgan fingerprint density at radius 3 is 2.55 bits per heavy atom. The molecule has 0 saturated heterocycles. The molecule has 2 N–H and O–H groups in total. The van der Waals surface area contributed by atoms with Crippen LogP contribution in [-0.2, 0) is 0 Å². The molecule has 0 saturated carbocycles. The lowest BCUT2D eigenvalue weighted by molar-refractivity contribution is 0.631. The first kappa shape index (κ1) is 17.4. The van der Waals surface area contributed by atoms with Crippen molar-refractivity contribution < 1.29 is 4.39 Å². The Kier molecular flexibility index (Phi) is 3.82. The highest BCUT2D eigenvalue weighted by molar-refractivity contribution is 6.00. The van der Waals surface area contributed by atoms with Crippen LogP contribution in [0.4, 0.5) is 4.39 Å². The standard InChI is InChI=1S/C23H14FN7/c24-17-4-2-1-3-14(17)16-10-25-11-21-15(16)7-20(28-21)23-22-19(30-31-23)6-5-18(29-22)13-8-26-12-27-9-13/h1-12,28H,(H,30,31). The van der Waals surface area contributed by atoms with E-state index in [1.807, 2.05) is 24.3 Å². The molecule has 0 fully saturated rings. The third-order valence-corrected chi connectivity index (χ3v) is 5.23. The van der Waals surface area contributed by atoms with Gasteiger partial charge in [0.1, 0.15) is 23.4 Å². The topological polar surface area (TPSA) is 96.0 Å². The van der Waals surface area contributed by atoms with Crippen LogP contribution in [0.3, 0.4) is 0 Å². The van der Waals surface area contributed by atoms with Crippen LogP contribution < -0.4 is 0 Å². The van der Waals surface area contributed by atoms with Crippen molar-refractivity contribution in [3.8, 4) is 33.8 Å². The molecular formula is C23H14FN7. The highest BCUT2D eigenvalue weighted by atomic mass is 19.1. The minimum atomic E-state index is -0.291. The summed E-state index contributed by atoms with van der Waals surface area (Å²) >= 11 is 0. The Morgan fingerprint density at radius 1 is 0.806 bits per heavy atom. The highest BCUT2D eigenvalue weighted by Crippen LogP contribution is 2.34. The summed E-state index contributed by atoms with van der Waals surface area (Å²) in [6.45, 7) is 0. The van der Waals surface area contributed by atoms with Gasteiger partial charge in [-0.25, -0.2) is 19.3 Å². The van der Waals surface area contributed by atoms with Gasteiger partial charge < -0.3 is 4.98 Å². The lowest BCUT2D eigenvalue weighted by Crippen LogP contribution is -1.87.